The summed E-state index contributed by atoms with van der Waals surface area (Å²) in [6, 6.07) is 13.8. The minimum absolute atomic E-state index is 0.547. The third-order valence-electron chi connectivity index (χ3n) is 5.04. The lowest BCUT2D eigenvalue weighted by Gasteiger charge is -2.20. The maximum atomic E-state index is 11.1. The van der Waals surface area contributed by atoms with Crippen molar-refractivity contribution in [1.29, 1.82) is 0 Å². The highest BCUT2D eigenvalue weighted by Crippen LogP contribution is 2.38. The number of nitrogens with zero attached hydrogens (tertiary/aromatic N) is 4. The zero-order valence-electron chi connectivity index (χ0n) is 14.8. The van der Waals surface area contributed by atoms with Crippen LogP contribution in [-0.4, -0.2) is 27.8 Å². The van der Waals surface area contributed by atoms with Crippen LogP contribution in [0.5, 0.6) is 0 Å². The Bertz CT molecular complexity index is 1220. The van der Waals surface area contributed by atoms with Crippen LogP contribution >= 0.6 is 11.6 Å². The molecule has 0 saturated carbocycles. The molecule has 136 valence electrons. The molecule has 5 nitrogen and oxygen atoms in total. The summed E-state index contributed by atoms with van der Waals surface area (Å²) in [5, 5.41) is 1.66. The summed E-state index contributed by atoms with van der Waals surface area (Å²) < 4.78 is 0. The van der Waals surface area contributed by atoms with Gasteiger partial charge in [0, 0.05) is 46.2 Å². The molecule has 2 aromatic carbocycles. The molecule has 3 heterocycles. The standard InChI is InChI=1S/C22H15ClN4O/c23-18-3-1-15-5-6-27(21(15)9-18)22-19-8-16(2-4-20(19)25-13-26-22)17-7-14(12-28)10-24-11-17/h1-4,7-13H,5-6H2. The molecule has 0 fully saturated rings. The van der Waals surface area contributed by atoms with Crippen LogP contribution in [0.1, 0.15) is 15.9 Å². The lowest BCUT2D eigenvalue weighted by atomic mass is 10.0. The first-order valence-electron chi connectivity index (χ1n) is 8.94. The number of halogens is 1. The molecule has 0 unspecified atom stereocenters. The molecule has 1 aliphatic rings. The smallest absolute Gasteiger partial charge is 0.151 e. The summed E-state index contributed by atoms with van der Waals surface area (Å²) in [6.07, 6.45) is 6.65. The second-order valence-corrected chi connectivity index (χ2v) is 7.17. The van der Waals surface area contributed by atoms with Gasteiger partial charge >= 0.3 is 0 Å². The van der Waals surface area contributed by atoms with Crippen molar-refractivity contribution in [1.82, 2.24) is 15.0 Å². The summed E-state index contributed by atoms with van der Waals surface area (Å²) in [7, 11) is 0. The Morgan fingerprint density at radius 1 is 1.00 bits per heavy atom. The first-order chi connectivity index (χ1) is 13.7. The number of carbonyl (C=O) groups excluding carboxylic acids is 1. The number of aldehydes is 1. The van der Waals surface area contributed by atoms with Crippen molar-refractivity contribution in [2.45, 2.75) is 6.42 Å². The third-order valence-corrected chi connectivity index (χ3v) is 5.28. The maximum absolute atomic E-state index is 11.1. The number of fused-ring (bicyclic) bond motifs is 2. The SMILES string of the molecule is O=Cc1cncc(-c2ccc3ncnc(N4CCc5ccc(Cl)cc54)c3c2)c1. The van der Waals surface area contributed by atoms with E-state index in [1.165, 1.54) is 5.56 Å². The van der Waals surface area contributed by atoms with Gasteiger partial charge < -0.3 is 4.90 Å². The number of pyridine rings is 1. The average molecular weight is 387 g/mol. The normalized spacial score (nSPS) is 13.0. The number of aromatic nitrogens is 3. The first kappa shape index (κ1) is 16.8. The van der Waals surface area contributed by atoms with Crippen LogP contribution in [0.25, 0.3) is 22.0 Å². The van der Waals surface area contributed by atoms with Crippen molar-refractivity contribution in [3.63, 3.8) is 0 Å². The van der Waals surface area contributed by atoms with Crippen molar-refractivity contribution in [3.05, 3.63) is 77.3 Å². The van der Waals surface area contributed by atoms with Gasteiger partial charge in [0.25, 0.3) is 0 Å². The predicted molar refractivity (Wildman–Crippen MR) is 110 cm³/mol. The Labute approximate surface area is 166 Å². The summed E-state index contributed by atoms with van der Waals surface area (Å²) >= 11 is 6.23. The van der Waals surface area contributed by atoms with E-state index in [-0.39, 0.29) is 0 Å². The Hall–Kier alpha value is -3.31. The van der Waals surface area contributed by atoms with Crippen LogP contribution in [0.4, 0.5) is 11.5 Å². The van der Waals surface area contributed by atoms with E-state index in [2.05, 4.69) is 32.0 Å². The Balaban J connectivity index is 1.67. The van der Waals surface area contributed by atoms with Gasteiger partial charge in [-0.1, -0.05) is 23.7 Å². The topological polar surface area (TPSA) is 59.0 Å². The van der Waals surface area contributed by atoms with E-state index in [0.29, 0.717) is 10.6 Å². The third kappa shape index (κ3) is 2.80. The van der Waals surface area contributed by atoms with E-state index in [9.17, 15) is 4.79 Å². The second-order valence-electron chi connectivity index (χ2n) is 6.73. The zero-order valence-corrected chi connectivity index (χ0v) is 15.6. The zero-order chi connectivity index (χ0) is 19.1. The van der Waals surface area contributed by atoms with Gasteiger partial charge in [-0.3, -0.25) is 9.78 Å². The predicted octanol–water partition coefficient (Wildman–Crippen LogP) is 4.85. The minimum atomic E-state index is 0.547. The molecule has 28 heavy (non-hydrogen) atoms. The maximum Gasteiger partial charge on any atom is 0.151 e. The van der Waals surface area contributed by atoms with Crippen molar-refractivity contribution in [2.75, 3.05) is 11.4 Å². The molecular formula is C22H15ClN4O. The molecule has 4 aromatic rings. The molecule has 6 heteroatoms. The van der Waals surface area contributed by atoms with Crippen LogP contribution in [0.3, 0.4) is 0 Å². The average Bonchev–Trinajstić information content (AvgIpc) is 3.15. The van der Waals surface area contributed by atoms with Gasteiger partial charge in [-0.25, -0.2) is 9.97 Å². The number of rotatable bonds is 3. The second kappa shape index (κ2) is 6.69. The largest absolute Gasteiger partial charge is 0.325 e. The molecule has 0 amide bonds. The quantitative estimate of drug-likeness (QED) is 0.471. The van der Waals surface area contributed by atoms with E-state index >= 15 is 0 Å². The fraction of sp³-hybridized carbons (Fsp3) is 0.0909. The summed E-state index contributed by atoms with van der Waals surface area (Å²) in [6.45, 7) is 0.841. The van der Waals surface area contributed by atoms with Crippen LogP contribution in [0.2, 0.25) is 5.02 Å². The molecule has 2 aromatic heterocycles. The molecule has 5 rings (SSSR count). The lowest BCUT2D eigenvalue weighted by molar-refractivity contribution is 0.112. The highest BCUT2D eigenvalue weighted by atomic mass is 35.5. The fourth-order valence-electron chi connectivity index (χ4n) is 3.69. The van der Waals surface area contributed by atoms with Crippen molar-refractivity contribution >= 4 is 40.3 Å². The van der Waals surface area contributed by atoms with Gasteiger partial charge in [-0.15, -0.1) is 0 Å². The highest BCUT2D eigenvalue weighted by molar-refractivity contribution is 6.31. The summed E-state index contributed by atoms with van der Waals surface area (Å²) in [4.78, 5) is 26.5. The molecule has 1 aliphatic heterocycles. The molecule has 0 saturated heterocycles. The Morgan fingerprint density at radius 3 is 2.82 bits per heavy atom. The molecular weight excluding hydrogens is 372 g/mol. The van der Waals surface area contributed by atoms with Gasteiger partial charge in [0.15, 0.2) is 6.29 Å². The number of hydrogen-bond donors (Lipinski definition) is 0. The van der Waals surface area contributed by atoms with Crippen LogP contribution < -0.4 is 4.90 Å². The summed E-state index contributed by atoms with van der Waals surface area (Å²) in [5.41, 5.74) is 5.60. The Morgan fingerprint density at radius 2 is 1.93 bits per heavy atom. The molecule has 0 atom stereocenters. The number of hydrogen-bond acceptors (Lipinski definition) is 5. The lowest BCUT2D eigenvalue weighted by Crippen LogP contribution is -2.15. The van der Waals surface area contributed by atoms with E-state index in [1.807, 2.05) is 30.3 Å². The molecule has 0 spiro atoms. The monoisotopic (exact) mass is 386 g/mol. The minimum Gasteiger partial charge on any atom is -0.325 e. The number of anilines is 2. The van der Waals surface area contributed by atoms with Crippen molar-refractivity contribution < 1.29 is 4.79 Å². The van der Waals surface area contributed by atoms with Gasteiger partial charge in [-0.05, 0) is 47.9 Å². The van der Waals surface area contributed by atoms with Crippen LogP contribution in [-0.2, 0) is 6.42 Å². The van der Waals surface area contributed by atoms with Gasteiger partial charge in [-0.2, -0.15) is 0 Å². The van der Waals surface area contributed by atoms with Crippen molar-refractivity contribution in [2.24, 2.45) is 0 Å². The first-order valence-corrected chi connectivity index (χ1v) is 9.32. The molecule has 0 radical (unpaired) electrons. The molecule has 0 aliphatic carbocycles. The number of carbonyl (C=O) groups is 1. The van der Waals surface area contributed by atoms with Gasteiger partial charge in [0.1, 0.15) is 12.1 Å². The van der Waals surface area contributed by atoms with Crippen LogP contribution in [0.15, 0.2) is 61.2 Å². The van der Waals surface area contributed by atoms with E-state index < -0.39 is 0 Å². The molecule has 0 N–H and O–H groups in total. The fourth-order valence-corrected chi connectivity index (χ4v) is 3.86. The Kier molecular flexibility index (Phi) is 4.02. The van der Waals surface area contributed by atoms with Crippen molar-refractivity contribution in [3.8, 4) is 11.1 Å². The van der Waals surface area contributed by atoms with Gasteiger partial charge in [0.05, 0.1) is 5.52 Å². The van der Waals surface area contributed by atoms with E-state index in [4.69, 9.17) is 11.6 Å². The molecule has 0 bridgehead atoms. The van der Waals surface area contributed by atoms with Gasteiger partial charge in [0.2, 0.25) is 0 Å². The summed E-state index contributed by atoms with van der Waals surface area (Å²) in [5.74, 6) is 0.854. The van der Waals surface area contributed by atoms with E-state index in [0.717, 1.165) is 52.8 Å². The number of benzene rings is 2. The van der Waals surface area contributed by atoms with E-state index in [1.54, 1.807) is 18.7 Å². The van der Waals surface area contributed by atoms with Crippen LogP contribution in [0, 0.1) is 0 Å². The highest BCUT2D eigenvalue weighted by Gasteiger charge is 2.23.